The second-order valence-electron chi connectivity index (χ2n) is 4.73. The van der Waals surface area contributed by atoms with Crippen LogP contribution in [0.5, 0.6) is 0 Å². The molecule has 0 unspecified atom stereocenters. The number of rotatable bonds is 2. The molecule has 0 aliphatic carbocycles. The molecule has 2 rings (SSSR count). The number of nitrogens with one attached hydrogen (secondary N) is 1. The maximum atomic E-state index is 12.7. The summed E-state index contributed by atoms with van der Waals surface area (Å²) in [6.07, 6.45) is -3.22. The first kappa shape index (κ1) is 14.3. The number of halogens is 3. The highest BCUT2D eigenvalue weighted by atomic mass is 19.4. The molecule has 0 spiro atoms. The standard InChI is InChI=1S/C14H13F3N2O/c1-8(2)11-12(18-7-19-13(11)20)9-4-3-5-10(6-9)14(15,16)17/h3-8H,1-2H3,(H,18,19,20). The smallest absolute Gasteiger partial charge is 0.313 e. The van der Waals surface area contributed by atoms with E-state index in [1.54, 1.807) is 13.8 Å². The van der Waals surface area contributed by atoms with Crippen molar-refractivity contribution in [3.05, 3.63) is 52.1 Å². The van der Waals surface area contributed by atoms with Crippen molar-refractivity contribution in [3.63, 3.8) is 0 Å². The van der Waals surface area contributed by atoms with Gasteiger partial charge in [0.05, 0.1) is 17.6 Å². The van der Waals surface area contributed by atoms with Crippen LogP contribution in [0.25, 0.3) is 11.3 Å². The van der Waals surface area contributed by atoms with Gasteiger partial charge in [-0.05, 0) is 18.1 Å². The molecule has 0 fully saturated rings. The molecule has 0 saturated carbocycles. The third-order valence-electron chi connectivity index (χ3n) is 2.93. The van der Waals surface area contributed by atoms with Gasteiger partial charge in [0.1, 0.15) is 0 Å². The van der Waals surface area contributed by atoms with Crippen LogP contribution >= 0.6 is 0 Å². The van der Waals surface area contributed by atoms with Crippen molar-refractivity contribution in [1.82, 2.24) is 9.97 Å². The van der Waals surface area contributed by atoms with Gasteiger partial charge >= 0.3 is 6.18 Å². The lowest BCUT2D eigenvalue weighted by molar-refractivity contribution is -0.137. The highest BCUT2D eigenvalue weighted by molar-refractivity contribution is 5.64. The SMILES string of the molecule is CC(C)c1c(-c2cccc(C(F)(F)F)c2)nc[nH]c1=O. The molecule has 1 aromatic carbocycles. The van der Waals surface area contributed by atoms with Crippen LogP contribution in [0.4, 0.5) is 13.2 Å². The fraction of sp³-hybridized carbons (Fsp3) is 0.286. The van der Waals surface area contributed by atoms with Gasteiger partial charge in [0.15, 0.2) is 0 Å². The van der Waals surface area contributed by atoms with Crippen molar-refractivity contribution < 1.29 is 13.2 Å². The molecule has 3 nitrogen and oxygen atoms in total. The summed E-state index contributed by atoms with van der Waals surface area (Å²) in [7, 11) is 0. The third kappa shape index (κ3) is 2.74. The normalized spacial score (nSPS) is 11.9. The molecule has 0 aliphatic rings. The zero-order valence-corrected chi connectivity index (χ0v) is 11.0. The predicted octanol–water partition coefficient (Wildman–Crippen LogP) is 3.58. The Hall–Kier alpha value is -2.11. The van der Waals surface area contributed by atoms with Crippen molar-refractivity contribution in [2.24, 2.45) is 0 Å². The van der Waals surface area contributed by atoms with Crippen molar-refractivity contribution >= 4 is 0 Å². The highest BCUT2D eigenvalue weighted by Crippen LogP contribution is 2.32. The molecule has 6 heteroatoms. The van der Waals surface area contributed by atoms with E-state index in [-0.39, 0.29) is 22.7 Å². The first-order valence-electron chi connectivity index (χ1n) is 6.06. The van der Waals surface area contributed by atoms with Crippen LogP contribution in [0.15, 0.2) is 35.4 Å². The van der Waals surface area contributed by atoms with Crippen LogP contribution in [0, 0.1) is 0 Å². The molecule has 1 heterocycles. The van der Waals surface area contributed by atoms with Crippen LogP contribution in [0.1, 0.15) is 30.9 Å². The summed E-state index contributed by atoms with van der Waals surface area (Å²) in [6.45, 7) is 3.59. The van der Waals surface area contributed by atoms with Crippen LogP contribution in [0.3, 0.4) is 0 Å². The van der Waals surface area contributed by atoms with Gasteiger partial charge in [0, 0.05) is 11.1 Å². The zero-order valence-electron chi connectivity index (χ0n) is 11.0. The maximum Gasteiger partial charge on any atom is 0.416 e. The molecule has 1 aromatic heterocycles. The summed E-state index contributed by atoms with van der Waals surface area (Å²) >= 11 is 0. The topological polar surface area (TPSA) is 45.8 Å². The maximum absolute atomic E-state index is 12.7. The number of nitrogens with zero attached hydrogens (tertiary/aromatic N) is 1. The van der Waals surface area contributed by atoms with E-state index in [2.05, 4.69) is 9.97 Å². The number of H-pyrrole nitrogens is 1. The Kier molecular flexibility index (Phi) is 3.65. The van der Waals surface area contributed by atoms with Gasteiger partial charge in [-0.3, -0.25) is 4.79 Å². The summed E-state index contributed by atoms with van der Waals surface area (Å²) in [5, 5.41) is 0. The monoisotopic (exact) mass is 282 g/mol. The predicted molar refractivity (Wildman–Crippen MR) is 69.4 cm³/mol. The van der Waals surface area contributed by atoms with Crippen molar-refractivity contribution in [1.29, 1.82) is 0 Å². The summed E-state index contributed by atoms with van der Waals surface area (Å²) in [5.74, 6) is -0.142. The Morgan fingerprint density at radius 1 is 1.25 bits per heavy atom. The summed E-state index contributed by atoms with van der Waals surface area (Å²) in [6, 6.07) is 4.83. The Bertz CT molecular complexity index is 675. The number of benzene rings is 1. The number of aromatic amines is 1. The zero-order chi connectivity index (χ0) is 14.9. The number of alkyl halides is 3. The minimum absolute atomic E-state index is 0.142. The second kappa shape index (κ2) is 5.11. The van der Waals surface area contributed by atoms with E-state index in [0.29, 0.717) is 5.56 Å². The lowest BCUT2D eigenvalue weighted by Crippen LogP contribution is -2.16. The molecule has 1 N–H and O–H groups in total. The average molecular weight is 282 g/mol. The van der Waals surface area contributed by atoms with Gasteiger partial charge in [0.25, 0.3) is 5.56 Å². The molecular formula is C14H13F3N2O. The molecule has 0 amide bonds. The van der Waals surface area contributed by atoms with Crippen LogP contribution in [0.2, 0.25) is 0 Å². The highest BCUT2D eigenvalue weighted by Gasteiger charge is 2.30. The largest absolute Gasteiger partial charge is 0.416 e. The van der Waals surface area contributed by atoms with Gasteiger partial charge < -0.3 is 4.98 Å². The first-order chi connectivity index (χ1) is 9.30. The fourth-order valence-corrected chi connectivity index (χ4v) is 2.02. The minimum Gasteiger partial charge on any atom is -0.313 e. The van der Waals surface area contributed by atoms with E-state index >= 15 is 0 Å². The molecular weight excluding hydrogens is 269 g/mol. The van der Waals surface area contributed by atoms with Crippen molar-refractivity contribution in [2.45, 2.75) is 25.9 Å². The molecule has 0 saturated heterocycles. The summed E-state index contributed by atoms with van der Waals surface area (Å²) in [4.78, 5) is 18.3. The number of hydrogen-bond donors (Lipinski definition) is 1. The van der Waals surface area contributed by atoms with Gasteiger partial charge in [-0.2, -0.15) is 13.2 Å². The third-order valence-corrected chi connectivity index (χ3v) is 2.93. The van der Waals surface area contributed by atoms with E-state index in [9.17, 15) is 18.0 Å². The molecule has 0 bridgehead atoms. The lowest BCUT2D eigenvalue weighted by Gasteiger charge is -2.12. The summed E-state index contributed by atoms with van der Waals surface area (Å²) in [5.41, 5.74) is -0.134. The molecule has 20 heavy (non-hydrogen) atoms. The molecule has 106 valence electrons. The van der Waals surface area contributed by atoms with E-state index in [1.807, 2.05) is 0 Å². The Morgan fingerprint density at radius 2 is 1.95 bits per heavy atom. The van der Waals surface area contributed by atoms with Crippen molar-refractivity contribution in [3.8, 4) is 11.3 Å². The number of aromatic nitrogens is 2. The van der Waals surface area contributed by atoms with E-state index in [4.69, 9.17) is 0 Å². The number of hydrogen-bond acceptors (Lipinski definition) is 2. The minimum atomic E-state index is -4.42. The van der Waals surface area contributed by atoms with Gasteiger partial charge in [0.2, 0.25) is 0 Å². The van der Waals surface area contributed by atoms with Gasteiger partial charge in [-0.25, -0.2) is 4.98 Å². The van der Waals surface area contributed by atoms with Gasteiger partial charge in [-0.1, -0.05) is 26.0 Å². The molecule has 0 atom stereocenters. The first-order valence-corrected chi connectivity index (χ1v) is 6.06. The van der Waals surface area contributed by atoms with E-state index < -0.39 is 11.7 Å². The van der Waals surface area contributed by atoms with Crippen LogP contribution in [-0.4, -0.2) is 9.97 Å². The van der Waals surface area contributed by atoms with Crippen LogP contribution < -0.4 is 5.56 Å². The van der Waals surface area contributed by atoms with E-state index in [1.165, 1.54) is 18.5 Å². The Labute approximate surface area is 113 Å². The average Bonchev–Trinajstić information content (AvgIpc) is 2.37. The van der Waals surface area contributed by atoms with Crippen molar-refractivity contribution in [2.75, 3.05) is 0 Å². The Balaban J connectivity index is 2.64. The summed E-state index contributed by atoms with van der Waals surface area (Å²) < 4.78 is 38.2. The van der Waals surface area contributed by atoms with Gasteiger partial charge in [-0.15, -0.1) is 0 Å². The van der Waals surface area contributed by atoms with Crippen LogP contribution in [-0.2, 0) is 6.18 Å². The molecule has 0 radical (unpaired) electrons. The second-order valence-corrected chi connectivity index (χ2v) is 4.73. The molecule has 2 aromatic rings. The Morgan fingerprint density at radius 3 is 2.55 bits per heavy atom. The fourth-order valence-electron chi connectivity index (χ4n) is 2.02. The molecule has 0 aliphatic heterocycles. The van der Waals surface area contributed by atoms with E-state index in [0.717, 1.165) is 12.1 Å². The quantitative estimate of drug-likeness (QED) is 0.915. The lowest BCUT2D eigenvalue weighted by atomic mass is 9.97.